The molecular weight excluding hydrogens is 270 g/mol. The van der Waals surface area contributed by atoms with E-state index in [1.165, 1.54) is 24.9 Å². The van der Waals surface area contributed by atoms with Crippen LogP contribution in [0.25, 0.3) is 0 Å². The minimum atomic E-state index is -0.519. The summed E-state index contributed by atoms with van der Waals surface area (Å²) in [6.07, 6.45) is 1.15. The van der Waals surface area contributed by atoms with Crippen LogP contribution in [0.15, 0.2) is 10.6 Å². The average molecular weight is 281 g/mol. The van der Waals surface area contributed by atoms with E-state index in [-0.39, 0.29) is 30.4 Å². The van der Waals surface area contributed by atoms with Crippen molar-refractivity contribution in [3.8, 4) is 0 Å². The first-order valence-corrected chi connectivity index (χ1v) is 5.56. The summed E-state index contributed by atoms with van der Waals surface area (Å²) in [5.74, 6) is -0.183. The van der Waals surface area contributed by atoms with E-state index >= 15 is 0 Å². The molecule has 2 aromatic rings. The molecule has 0 radical (unpaired) electrons. The maximum absolute atomic E-state index is 11.0. The van der Waals surface area contributed by atoms with Gasteiger partial charge >= 0.3 is 11.7 Å². The van der Waals surface area contributed by atoms with Gasteiger partial charge in [-0.2, -0.15) is 5.10 Å². The molecule has 0 spiro atoms. The van der Waals surface area contributed by atoms with Crippen LogP contribution in [0.1, 0.15) is 17.5 Å². The molecule has 0 saturated heterocycles. The smallest absolute Gasteiger partial charge is 0.315 e. The van der Waals surface area contributed by atoms with Gasteiger partial charge in [0.2, 0.25) is 11.8 Å². The van der Waals surface area contributed by atoms with Gasteiger partial charge < -0.3 is 9.15 Å². The Balaban J connectivity index is 2.09. The number of esters is 1. The number of carbonyl (C=O) groups excluding carboxylic acids is 1. The molecule has 106 valence electrons. The van der Waals surface area contributed by atoms with Gasteiger partial charge in [-0.1, -0.05) is 0 Å². The third kappa shape index (κ3) is 2.96. The predicted octanol–water partition coefficient (Wildman–Crippen LogP) is 0.247. The first-order valence-electron chi connectivity index (χ1n) is 5.56. The lowest BCUT2D eigenvalue weighted by molar-refractivity contribution is -0.385. The third-order valence-corrected chi connectivity index (χ3v) is 2.45. The van der Waals surface area contributed by atoms with Gasteiger partial charge in [0.1, 0.15) is 24.9 Å². The lowest BCUT2D eigenvalue weighted by atomic mass is 10.4. The van der Waals surface area contributed by atoms with Crippen molar-refractivity contribution < 1.29 is 18.9 Å². The van der Waals surface area contributed by atoms with Crippen LogP contribution in [0, 0.1) is 17.0 Å². The standard InChI is InChI=1S/C10H11N5O5/c1-6-7(15(17)18)4-14(13-6)5-9-12-11-8(20-9)3-10(16)19-2/h4H,3,5H2,1-2H3. The molecule has 0 bridgehead atoms. The number of methoxy groups -OCH3 is 1. The number of aromatic nitrogens is 4. The van der Waals surface area contributed by atoms with E-state index in [0.717, 1.165) is 0 Å². The molecule has 0 N–H and O–H groups in total. The van der Waals surface area contributed by atoms with Crippen LogP contribution < -0.4 is 0 Å². The second-order valence-electron chi connectivity index (χ2n) is 3.90. The summed E-state index contributed by atoms with van der Waals surface area (Å²) in [5.41, 5.74) is 0.212. The third-order valence-electron chi connectivity index (χ3n) is 2.45. The Bertz CT molecular complexity index is 646. The van der Waals surface area contributed by atoms with E-state index in [2.05, 4.69) is 20.0 Å². The number of nitrogens with zero attached hydrogens (tertiary/aromatic N) is 5. The van der Waals surface area contributed by atoms with E-state index in [9.17, 15) is 14.9 Å². The molecule has 2 heterocycles. The number of hydrogen-bond donors (Lipinski definition) is 0. The quantitative estimate of drug-likeness (QED) is 0.433. The van der Waals surface area contributed by atoms with Crippen LogP contribution in [0.4, 0.5) is 5.69 Å². The fourth-order valence-electron chi connectivity index (χ4n) is 1.53. The Morgan fingerprint density at radius 3 is 2.80 bits per heavy atom. The van der Waals surface area contributed by atoms with Gasteiger partial charge in [-0.3, -0.25) is 19.6 Å². The Morgan fingerprint density at radius 1 is 1.50 bits per heavy atom. The van der Waals surface area contributed by atoms with Crippen molar-refractivity contribution in [3.63, 3.8) is 0 Å². The van der Waals surface area contributed by atoms with Gasteiger partial charge in [-0.25, -0.2) is 0 Å². The van der Waals surface area contributed by atoms with Crippen molar-refractivity contribution in [1.29, 1.82) is 0 Å². The van der Waals surface area contributed by atoms with Crippen molar-refractivity contribution in [2.24, 2.45) is 0 Å². The number of aryl methyl sites for hydroxylation is 1. The zero-order valence-electron chi connectivity index (χ0n) is 10.8. The molecular formula is C10H11N5O5. The van der Waals surface area contributed by atoms with E-state index in [1.807, 2.05) is 0 Å². The number of carbonyl (C=O) groups is 1. The topological polar surface area (TPSA) is 126 Å². The SMILES string of the molecule is COC(=O)Cc1nnc(Cn2cc([N+](=O)[O-])c(C)n2)o1. The van der Waals surface area contributed by atoms with Gasteiger partial charge in [0, 0.05) is 0 Å². The van der Waals surface area contributed by atoms with E-state index in [0.29, 0.717) is 5.69 Å². The van der Waals surface area contributed by atoms with Crippen molar-refractivity contribution in [1.82, 2.24) is 20.0 Å². The van der Waals surface area contributed by atoms with Gasteiger partial charge in [0.05, 0.1) is 12.0 Å². The minimum Gasteiger partial charge on any atom is -0.469 e. The van der Waals surface area contributed by atoms with E-state index in [1.54, 1.807) is 0 Å². The predicted molar refractivity (Wildman–Crippen MR) is 62.7 cm³/mol. The molecule has 0 aliphatic carbocycles. The Morgan fingerprint density at radius 2 is 2.20 bits per heavy atom. The second kappa shape index (κ2) is 5.47. The molecule has 0 amide bonds. The molecule has 0 aromatic carbocycles. The lowest BCUT2D eigenvalue weighted by Crippen LogP contribution is -2.04. The summed E-state index contributed by atoms with van der Waals surface area (Å²) in [6.45, 7) is 1.62. The van der Waals surface area contributed by atoms with Crippen molar-refractivity contribution in [2.75, 3.05) is 7.11 Å². The molecule has 0 aliphatic heterocycles. The van der Waals surface area contributed by atoms with Gasteiger partial charge in [-0.05, 0) is 6.92 Å². The Hall–Kier alpha value is -2.78. The van der Waals surface area contributed by atoms with E-state index in [4.69, 9.17) is 4.42 Å². The summed E-state index contributed by atoms with van der Waals surface area (Å²) in [4.78, 5) is 21.2. The zero-order valence-corrected chi connectivity index (χ0v) is 10.8. The van der Waals surface area contributed by atoms with Crippen LogP contribution in [0.5, 0.6) is 0 Å². The number of ether oxygens (including phenoxy) is 1. The van der Waals surface area contributed by atoms with Gasteiger partial charge in [-0.15, -0.1) is 10.2 Å². The van der Waals surface area contributed by atoms with Crippen molar-refractivity contribution >= 4 is 11.7 Å². The molecule has 0 aliphatic rings. The van der Waals surface area contributed by atoms with Gasteiger partial charge in [0.25, 0.3) is 0 Å². The number of hydrogen-bond acceptors (Lipinski definition) is 8. The Labute approximate surface area is 112 Å². The van der Waals surface area contributed by atoms with Crippen LogP contribution in [0.2, 0.25) is 0 Å². The molecule has 10 heteroatoms. The first-order chi connectivity index (χ1) is 9.49. The summed E-state index contributed by atoms with van der Waals surface area (Å²) in [6, 6.07) is 0. The molecule has 0 fully saturated rings. The highest BCUT2D eigenvalue weighted by Crippen LogP contribution is 2.15. The van der Waals surface area contributed by atoms with Crippen LogP contribution >= 0.6 is 0 Å². The zero-order chi connectivity index (χ0) is 14.7. The first kappa shape index (κ1) is 13.6. The van der Waals surface area contributed by atoms with Crippen molar-refractivity contribution in [2.45, 2.75) is 19.9 Å². The van der Waals surface area contributed by atoms with Gasteiger partial charge in [0.15, 0.2) is 0 Å². The fourth-order valence-corrected chi connectivity index (χ4v) is 1.53. The van der Waals surface area contributed by atoms with Crippen LogP contribution in [-0.4, -0.2) is 38.0 Å². The molecule has 0 saturated carbocycles. The van der Waals surface area contributed by atoms with Crippen molar-refractivity contribution in [3.05, 3.63) is 33.8 Å². The molecule has 0 atom stereocenters. The molecule has 0 unspecified atom stereocenters. The molecule has 2 aromatic heterocycles. The molecule has 20 heavy (non-hydrogen) atoms. The lowest BCUT2D eigenvalue weighted by Gasteiger charge is -1.94. The molecule has 10 nitrogen and oxygen atoms in total. The fraction of sp³-hybridized carbons (Fsp3) is 0.400. The maximum atomic E-state index is 11.0. The summed E-state index contributed by atoms with van der Waals surface area (Å²) < 4.78 is 11.0. The summed E-state index contributed by atoms with van der Waals surface area (Å²) >= 11 is 0. The van der Waals surface area contributed by atoms with E-state index < -0.39 is 10.9 Å². The minimum absolute atomic E-state index is 0.0840. The summed E-state index contributed by atoms with van der Waals surface area (Å²) in [7, 11) is 1.26. The monoisotopic (exact) mass is 281 g/mol. The summed E-state index contributed by atoms with van der Waals surface area (Å²) in [5, 5.41) is 22.1. The van der Waals surface area contributed by atoms with Crippen LogP contribution in [0.3, 0.4) is 0 Å². The number of nitro groups is 1. The highest BCUT2D eigenvalue weighted by atomic mass is 16.6. The normalized spacial score (nSPS) is 10.5. The maximum Gasteiger partial charge on any atom is 0.315 e. The highest BCUT2D eigenvalue weighted by molar-refractivity contribution is 5.70. The van der Waals surface area contributed by atoms with Crippen LogP contribution in [-0.2, 0) is 22.5 Å². The average Bonchev–Trinajstić information content (AvgIpc) is 2.96. The second-order valence-corrected chi connectivity index (χ2v) is 3.90. The number of rotatable bonds is 5. The highest BCUT2D eigenvalue weighted by Gasteiger charge is 2.17. The Kier molecular flexibility index (Phi) is 3.73. The molecule has 2 rings (SSSR count). The largest absolute Gasteiger partial charge is 0.469 e.